The Labute approximate surface area is 123 Å². The van der Waals surface area contributed by atoms with Gasteiger partial charge in [0.25, 0.3) is 10.0 Å². The molecule has 0 spiro atoms. The van der Waals surface area contributed by atoms with Crippen molar-refractivity contribution >= 4 is 15.7 Å². The largest absolute Gasteiger partial charge is 0.396 e. The lowest BCUT2D eigenvalue weighted by Crippen LogP contribution is -2.15. The van der Waals surface area contributed by atoms with E-state index in [1.165, 1.54) is 6.20 Å². The third kappa shape index (κ3) is 3.40. The third-order valence-corrected chi connectivity index (χ3v) is 4.66. The van der Waals surface area contributed by atoms with Gasteiger partial charge in [-0.15, -0.1) is 0 Å². The Bertz CT molecular complexity index is 711. The molecule has 21 heavy (non-hydrogen) atoms. The van der Waals surface area contributed by atoms with Crippen LogP contribution in [0.5, 0.6) is 0 Å². The van der Waals surface area contributed by atoms with Gasteiger partial charge in [-0.25, -0.2) is 8.42 Å². The van der Waals surface area contributed by atoms with Crippen molar-refractivity contribution in [2.24, 2.45) is 0 Å². The van der Waals surface area contributed by atoms with E-state index < -0.39 is 10.0 Å². The van der Waals surface area contributed by atoms with E-state index in [-0.39, 0.29) is 11.5 Å². The van der Waals surface area contributed by atoms with Gasteiger partial charge in [-0.3, -0.25) is 14.4 Å². The zero-order valence-corrected chi connectivity index (χ0v) is 12.8. The number of nitrogens with zero attached hydrogens (tertiary/aromatic N) is 3. The number of anilines is 1. The Morgan fingerprint density at radius 1 is 1.38 bits per heavy atom. The fourth-order valence-corrected chi connectivity index (χ4v) is 3.59. The highest BCUT2D eigenvalue weighted by Crippen LogP contribution is 2.22. The molecule has 2 N–H and O–H groups in total. The first-order valence-corrected chi connectivity index (χ1v) is 8.01. The molecule has 2 heterocycles. The first kappa shape index (κ1) is 15.5. The molecule has 0 amide bonds. The van der Waals surface area contributed by atoms with Gasteiger partial charge in [0, 0.05) is 19.3 Å². The lowest BCUT2D eigenvalue weighted by Gasteiger charge is -2.08. The fraction of sp³-hybridized carbons (Fsp3) is 0.385. The van der Waals surface area contributed by atoms with Crippen molar-refractivity contribution in [2.75, 3.05) is 11.3 Å². The molecule has 0 saturated carbocycles. The van der Waals surface area contributed by atoms with Gasteiger partial charge >= 0.3 is 0 Å². The summed E-state index contributed by atoms with van der Waals surface area (Å²) in [6.45, 7) is 3.87. The molecule has 8 heteroatoms. The van der Waals surface area contributed by atoms with Crippen LogP contribution in [0.2, 0.25) is 0 Å². The smallest absolute Gasteiger partial charge is 0.265 e. The summed E-state index contributed by atoms with van der Waals surface area (Å²) in [4.78, 5) is 4.05. The van der Waals surface area contributed by atoms with E-state index >= 15 is 0 Å². The average molecular weight is 310 g/mol. The van der Waals surface area contributed by atoms with Gasteiger partial charge in [-0.2, -0.15) is 5.10 Å². The van der Waals surface area contributed by atoms with E-state index in [9.17, 15) is 8.42 Å². The van der Waals surface area contributed by atoms with Crippen LogP contribution in [0, 0.1) is 13.8 Å². The van der Waals surface area contributed by atoms with Gasteiger partial charge in [-0.1, -0.05) is 0 Å². The molecule has 0 aromatic carbocycles. The second kappa shape index (κ2) is 6.23. The number of hydrogen-bond acceptors (Lipinski definition) is 5. The van der Waals surface area contributed by atoms with E-state index in [0.717, 1.165) is 0 Å². The van der Waals surface area contributed by atoms with E-state index in [2.05, 4.69) is 14.8 Å². The van der Waals surface area contributed by atoms with Gasteiger partial charge < -0.3 is 5.11 Å². The minimum atomic E-state index is -3.71. The van der Waals surface area contributed by atoms with Gasteiger partial charge in [0.2, 0.25) is 0 Å². The normalized spacial score (nSPS) is 11.6. The molecular formula is C13H18N4O3S. The Balaban J connectivity index is 2.34. The van der Waals surface area contributed by atoms with Crippen LogP contribution in [-0.4, -0.2) is 34.9 Å². The summed E-state index contributed by atoms with van der Waals surface area (Å²) in [7, 11) is -3.71. The van der Waals surface area contributed by atoms with Crippen LogP contribution in [0.1, 0.15) is 17.8 Å². The maximum Gasteiger partial charge on any atom is 0.265 e. The first-order chi connectivity index (χ1) is 9.95. The third-order valence-electron chi connectivity index (χ3n) is 3.03. The molecule has 0 unspecified atom stereocenters. The zero-order valence-electron chi connectivity index (χ0n) is 11.9. The molecule has 0 fully saturated rings. The lowest BCUT2D eigenvalue weighted by atomic mass is 10.4. The number of aryl methyl sites for hydroxylation is 2. The van der Waals surface area contributed by atoms with Gasteiger partial charge in [-0.05, 0) is 32.4 Å². The highest BCUT2D eigenvalue weighted by molar-refractivity contribution is 7.92. The van der Waals surface area contributed by atoms with Crippen LogP contribution in [0.25, 0.3) is 0 Å². The SMILES string of the molecule is Cc1nn(CCCO)c(C)c1S(=O)(=O)Nc1cccnc1. The van der Waals surface area contributed by atoms with Crippen LogP contribution in [0.15, 0.2) is 29.4 Å². The predicted molar refractivity (Wildman–Crippen MR) is 78.4 cm³/mol. The van der Waals surface area contributed by atoms with Crippen LogP contribution < -0.4 is 4.72 Å². The summed E-state index contributed by atoms with van der Waals surface area (Å²) in [5.74, 6) is 0. The topological polar surface area (TPSA) is 97.1 Å². The molecule has 0 aliphatic heterocycles. The summed E-state index contributed by atoms with van der Waals surface area (Å²) < 4.78 is 29.1. The zero-order chi connectivity index (χ0) is 15.5. The standard InChI is InChI=1S/C13H18N4O3S/c1-10-13(11(2)17(15-10)7-4-8-18)21(19,20)16-12-5-3-6-14-9-12/h3,5-6,9,16,18H,4,7-8H2,1-2H3. The molecule has 7 nitrogen and oxygen atoms in total. The minimum Gasteiger partial charge on any atom is -0.396 e. The van der Waals surface area contributed by atoms with E-state index in [1.54, 1.807) is 36.9 Å². The Hall–Kier alpha value is -1.93. The number of sulfonamides is 1. The number of nitrogens with one attached hydrogen (secondary N) is 1. The highest BCUT2D eigenvalue weighted by atomic mass is 32.2. The van der Waals surface area contributed by atoms with E-state index in [4.69, 9.17) is 5.11 Å². The maximum absolute atomic E-state index is 12.5. The van der Waals surface area contributed by atoms with Crippen molar-refractivity contribution in [2.45, 2.75) is 31.7 Å². The quantitative estimate of drug-likeness (QED) is 0.832. The number of aromatic nitrogens is 3. The van der Waals surface area contributed by atoms with Gasteiger partial charge in [0.05, 0.1) is 23.3 Å². The second-order valence-corrected chi connectivity index (χ2v) is 6.27. The minimum absolute atomic E-state index is 0.0361. The summed E-state index contributed by atoms with van der Waals surface area (Å²) in [5, 5.41) is 13.1. The molecule has 0 aliphatic carbocycles. The fourth-order valence-electron chi connectivity index (χ4n) is 2.14. The van der Waals surface area contributed by atoms with Crippen molar-refractivity contribution in [3.8, 4) is 0 Å². The van der Waals surface area contributed by atoms with Crippen molar-refractivity contribution in [1.29, 1.82) is 0 Å². The van der Waals surface area contributed by atoms with Gasteiger partial charge in [0.1, 0.15) is 4.90 Å². The van der Waals surface area contributed by atoms with Crippen LogP contribution in [-0.2, 0) is 16.6 Å². The molecule has 114 valence electrons. The molecule has 0 radical (unpaired) electrons. The molecule has 2 aromatic heterocycles. The van der Waals surface area contributed by atoms with Crippen LogP contribution in [0.3, 0.4) is 0 Å². The molecule has 0 aliphatic rings. The molecule has 0 atom stereocenters. The highest BCUT2D eigenvalue weighted by Gasteiger charge is 2.24. The summed E-state index contributed by atoms with van der Waals surface area (Å²) >= 11 is 0. The second-order valence-electron chi connectivity index (χ2n) is 4.65. The Morgan fingerprint density at radius 2 is 2.14 bits per heavy atom. The lowest BCUT2D eigenvalue weighted by molar-refractivity contribution is 0.276. The number of rotatable bonds is 6. The van der Waals surface area contributed by atoms with Crippen LogP contribution in [0.4, 0.5) is 5.69 Å². The molecule has 0 bridgehead atoms. The number of aliphatic hydroxyl groups excluding tert-OH is 1. The molecule has 2 rings (SSSR count). The molecular weight excluding hydrogens is 292 g/mol. The van der Waals surface area contributed by atoms with E-state index in [1.807, 2.05) is 0 Å². The number of hydrogen-bond donors (Lipinski definition) is 2. The molecule has 0 saturated heterocycles. The van der Waals surface area contributed by atoms with E-state index in [0.29, 0.717) is 30.0 Å². The predicted octanol–water partition coefficient (Wildman–Crippen LogP) is 1.08. The van der Waals surface area contributed by atoms with Crippen molar-refractivity contribution in [3.05, 3.63) is 35.9 Å². The average Bonchev–Trinajstić information content (AvgIpc) is 2.72. The Morgan fingerprint density at radius 3 is 2.76 bits per heavy atom. The number of pyridine rings is 1. The van der Waals surface area contributed by atoms with Crippen molar-refractivity contribution in [1.82, 2.24) is 14.8 Å². The molecule has 2 aromatic rings. The summed E-state index contributed by atoms with van der Waals surface area (Å²) in [6, 6.07) is 3.29. The summed E-state index contributed by atoms with van der Waals surface area (Å²) in [5.41, 5.74) is 1.39. The van der Waals surface area contributed by atoms with Gasteiger partial charge in [0.15, 0.2) is 0 Å². The maximum atomic E-state index is 12.5. The van der Waals surface area contributed by atoms with Crippen molar-refractivity contribution < 1.29 is 13.5 Å². The van der Waals surface area contributed by atoms with Crippen LogP contribution >= 0.6 is 0 Å². The number of aliphatic hydroxyl groups is 1. The summed E-state index contributed by atoms with van der Waals surface area (Å²) in [6.07, 6.45) is 3.54. The first-order valence-electron chi connectivity index (χ1n) is 6.53. The van der Waals surface area contributed by atoms with Crippen molar-refractivity contribution in [3.63, 3.8) is 0 Å². The Kier molecular flexibility index (Phi) is 4.59. The monoisotopic (exact) mass is 310 g/mol.